The lowest BCUT2D eigenvalue weighted by molar-refractivity contribution is -0.117. The van der Waals surface area contributed by atoms with Crippen LogP contribution in [0.2, 0.25) is 5.02 Å². The zero-order valence-corrected chi connectivity index (χ0v) is 20.9. The summed E-state index contributed by atoms with van der Waals surface area (Å²) >= 11 is 7.42. The Bertz CT molecular complexity index is 1560. The molecule has 5 rings (SSSR count). The molecule has 2 aromatic heterocycles. The molecule has 2 amide bonds. The minimum atomic E-state index is -0.492. The second kappa shape index (κ2) is 11.2. The highest BCUT2D eigenvalue weighted by atomic mass is 35.5. The van der Waals surface area contributed by atoms with Crippen molar-refractivity contribution in [1.29, 1.82) is 0 Å². The van der Waals surface area contributed by atoms with Gasteiger partial charge < -0.3 is 19.5 Å². The molecule has 0 aliphatic carbocycles. The monoisotopic (exact) mass is 529 g/mol. The lowest BCUT2D eigenvalue weighted by Gasteiger charge is -2.11. The number of nitrogens with zero attached hydrogens (tertiary/aromatic N) is 1. The molecule has 7 nitrogen and oxygen atoms in total. The summed E-state index contributed by atoms with van der Waals surface area (Å²) in [5.41, 5.74) is 2.62. The number of oxazole rings is 1. The van der Waals surface area contributed by atoms with Gasteiger partial charge in [-0.3, -0.25) is 9.59 Å². The number of rotatable bonds is 8. The Morgan fingerprint density at radius 3 is 2.46 bits per heavy atom. The second-order valence-corrected chi connectivity index (χ2v) is 9.22. The third kappa shape index (κ3) is 6.11. The number of nitrogens with one attached hydrogen (secondary N) is 2. The van der Waals surface area contributed by atoms with E-state index in [4.69, 9.17) is 20.4 Å². The van der Waals surface area contributed by atoms with Crippen LogP contribution in [0.25, 0.3) is 17.2 Å². The summed E-state index contributed by atoms with van der Waals surface area (Å²) in [6.07, 6.45) is 1.47. The molecule has 0 aliphatic heterocycles. The first-order valence-corrected chi connectivity index (χ1v) is 12.5. The molecule has 5 aromatic rings. The van der Waals surface area contributed by atoms with Crippen LogP contribution in [0.15, 0.2) is 116 Å². The van der Waals surface area contributed by atoms with E-state index in [0.717, 1.165) is 11.1 Å². The van der Waals surface area contributed by atoms with Crippen molar-refractivity contribution >= 4 is 52.4 Å². The molecule has 0 atom stereocenters. The van der Waals surface area contributed by atoms with Crippen LogP contribution in [0.5, 0.6) is 0 Å². The predicted octanol–water partition coefficient (Wildman–Crippen LogP) is 6.31. The fourth-order valence-electron chi connectivity index (χ4n) is 3.44. The number of halogens is 1. The quantitative estimate of drug-likeness (QED) is 0.228. The Morgan fingerprint density at radius 1 is 0.892 bits per heavy atom. The summed E-state index contributed by atoms with van der Waals surface area (Å²) in [5.74, 6) is -0.545. The van der Waals surface area contributed by atoms with Gasteiger partial charge in [0.05, 0.1) is 0 Å². The fourth-order valence-corrected chi connectivity index (χ4v) is 4.37. The lowest BCUT2D eigenvalue weighted by atomic mass is 10.2. The highest BCUT2D eigenvalue weighted by Crippen LogP contribution is 2.31. The van der Waals surface area contributed by atoms with Gasteiger partial charge in [-0.1, -0.05) is 60.1 Å². The molecule has 2 N–H and O–H groups in total. The van der Waals surface area contributed by atoms with Crippen LogP contribution in [0.3, 0.4) is 0 Å². The van der Waals surface area contributed by atoms with Crippen molar-refractivity contribution in [3.8, 4) is 0 Å². The summed E-state index contributed by atoms with van der Waals surface area (Å²) in [5, 5.41) is 6.97. The standard InChI is InChI=1S/C28H20ClN3O4S/c29-21-11-5-4-10-19(21)17-30-27(34)23(31-26(33)18-8-2-1-3-9-18)16-20-14-15-25(35-20)37-28-32-22-12-6-7-13-24(22)36-28/h1-16H,17H2,(H,30,34)(H,31,33). The van der Waals surface area contributed by atoms with Crippen molar-refractivity contribution in [2.75, 3.05) is 0 Å². The predicted molar refractivity (Wildman–Crippen MR) is 142 cm³/mol. The topological polar surface area (TPSA) is 97.4 Å². The molecule has 0 radical (unpaired) electrons. The third-order valence-corrected chi connectivity index (χ3v) is 6.42. The van der Waals surface area contributed by atoms with E-state index in [1.165, 1.54) is 17.8 Å². The van der Waals surface area contributed by atoms with Crippen LogP contribution in [-0.4, -0.2) is 16.8 Å². The van der Waals surface area contributed by atoms with Crippen molar-refractivity contribution in [1.82, 2.24) is 15.6 Å². The number of carbonyl (C=O) groups excluding carboxylic acids is 2. The van der Waals surface area contributed by atoms with Crippen LogP contribution in [-0.2, 0) is 11.3 Å². The molecule has 0 fully saturated rings. The normalized spacial score (nSPS) is 11.4. The average molecular weight is 530 g/mol. The van der Waals surface area contributed by atoms with Crippen molar-refractivity contribution in [2.24, 2.45) is 0 Å². The van der Waals surface area contributed by atoms with Gasteiger partial charge >= 0.3 is 0 Å². The fraction of sp³-hybridized carbons (Fsp3) is 0.0357. The zero-order valence-electron chi connectivity index (χ0n) is 19.3. The van der Waals surface area contributed by atoms with Crippen LogP contribution >= 0.6 is 23.4 Å². The van der Waals surface area contributed by atoms with Crippen molar-refractivity contribution < 1.29 is 18.4 Å². The molecular weight excluding hydrogens is 510 g/mol. The number of benzene rings is 3. The van der Waals surface area contributed by atoms with E-state index in [-0.39, 0.29) is 12.2 Å². The minimum absolute atomic E-state index is 0.0219. The van der Waals surface area contributed by atoms with Crippen LogP contribution in [0.4, 0.5) is 0 Å². The molecule has 3 aromatic carbocycles. The van der Waals surface area contributed by atoms with E-state index < -0.39 is 11.8 Å². The molecule has 9 heteroatoms. The van der Waals surface area contributed by atoms with Crippen molar-refractivity contribution in [2.45, 2.75) is 16.9 Å². The van der Waals surface area contributed by atoms with E-state index in [0.29, 0.717) is 32.2 Å². The number of fused-ring (bicyclic) bond motifs is 1. The molecule has 37 heavy (non-hydrogen) atoms. The largest absolute Gasteiger partial charge is 0.450 e. The SMILES string of the molecule is O=C(NCc1ccccc1Cl)C(=Cc1ccc(Sc2nc3ccccc3o2)o1)NC(=O)c1ccccc1. The lowest BCUT2D eigenvalue weighted by Crippen LogP contribution is -2.34. The van der Waals surface area contributed by atoms with Crippen LogP contribution < -0.4 is 10.6 Å². The first kappa shape index (κ1) is 24.4. The number of para-hydroxylation sites is 2. The molecule has 0 spiro atoms. The highest BCUT2D eigenvalue weighted by Gasteiger charge is 2.17. The van der Waals surface area contributed by atoms with Crippen LogP contribution in [0, 0.1) is 0 Å². The number of aromatic nitrogens is 1. The van der Waals surface area contributed by atoms with Crippen LogP contribution in [0.1, 0.15) is 21.7 Å². The maximum absolute atomic E-state index is 13.1. The first-order valence-electron chi connectivity index (χ1n) is 11.3. The molecule has 0 aliphatic rings. The number of amides is 2. The molecular formula is C28H20ClN3O4S. The molecule has 0 saturated carbocycles. The maximum atomic E-state index is 13.1. The van der Waals surface area contributed by atoms with Gasteiger partial charge in [0.1, 0.15) is 17.0 Å². The van der Waals surface area contributed by atoms with Gasteiger partial charge in [-0.2, -0.15) is 0 Å². The smallest absolute Gasteiger partial charge is 0.268 e. The highest BCUT2D eigenvalue weighted by molar-refractivity contribution is 7.99. The van der Waals surface area contributed by atoms with Gasteiger partial charge in [-0.05, 0) is 48.0 Å². The molecule has 0 saturated heterocycles. The summed E-state index contributed by atoms with van der Waals surface area (Å²) in [6, 6.07) is 26.7. The van der Waals surface area contributed by atoms with Gasteiger partial charge in [0.25, 0.3) is 17.0 Å². The van der Waals surface area contributed by atoms with E-state index in [9.17, 15) is 9.59 Å². The number of carbonyl (C=O) groups is 2. The Hall–Kier alpha value is -4.27. The zero-order chi connectivity index (χ0) is 25.6. The summed E-state index contributed by atoms with van der Waals surface area (Å²) in [6.45, 7) is 0.189. The molecule has 2 heterocycles. The van der Waals surface area contributed by atoms with Crippen molar-refractivity contribution in [3.63, 3.8) is 0 Å². The Labute approximate surface area is 221 Å². The number of hydrogen-bond acceptors (Lipinski definition) is 6. The number of furan rings is 1. The molecule has 0 bridgehead atoms. The summed E-state index contributed by atoms with van der Waals surface area (Å²) < 4.78 is 11.6. The first-order chi connectivity index (χ1) is 18.0. The van der Waals surface area contributed by atoms with Gasteiger partial charge in [-0.25, -0.2) is 4.98 Å². The summed E-state index contributed by atoms with van der Waals surface area (Å²) in [4.78, 5) is 30.3. The second-order valence-electron chi connectivity index (χ2n) is 7.86. The van der Waals surface area contributed by atoms with E-state index in [1.54, 1.807) is 42.5 Å². The van der Waals surface area contributed by atoms with Gasteiger partial charge in [0.2, 0.25) is 0 Å². The van der Waals surface area contributed by atoms with Gasteiger partial charge in [0, 0.05) is 35.0 Å². The van der Waals surface area contributed by atoms with Gasteiger partial charge in [0.15, 0.2) is 10.7 Å². The Morgan fingerprint density at radius 2 is 1.65 bits per heavy atom. The average Bonchev–Trinajstić information content (AvgIpc) is 3.54. The Kier molecular flexibility index (Phi) is 7.39. The minimum Gasteiger partial charge on any atom is -0.450 e. The molecule has 0 unspecified atom stereocenters. The van der Waals surface area contributed by atoms with Crippen molar-refractivity contribution in [3.05, 3.63) is 119 Å². The van der Waals surface area contributed by atoms with E-state index in [1.807, 2.05) is 48.5 Å². The summed E-state index contributed by atoms with van der Waals surface area (Å²) in [7, 11) is 0. The number of hydrogen-bond donors (Lipinski definition) is 2. The third-order valence-electron chi connectivity index (χ3n) is 5.28. The van der Waals surface area contributed by atoms with Gasteiger partial charge in [-0.15, -0.1) is 0 Å². The van der Waals surface area contributed by atoms with E-state index in [2.05, 4.69) is 15.6 Å². The maximum Gasteiger partial charge on any atom is 0.268 e. The van der Waals surface area contributed by atoms with E-state index >= 15 is 0 Å². The Balaban J connectivity index is 1.36. The molecule has 184 valence electrons.